The van der Waals surface area contributed by atoms with Crippen molar-refractivity contribution in [2.24, 2.45) is 5.11 Å². The van der Waals surface area contributed by atoms with Crippen molar-refractivity contribution < 1.29 is 38.1 Å². The van der Waals surface area contributed by atoms with Crippen LogP contribution < -0.4 is 5.32 Å². The summed E-state index contributed by atoms with van der Waals surface area (Å²) in [6.07, 6.45) is -4.82. The Morgan fingerprint density at radius 1 is 1.04 bits per heavy atom. The molecule has 0 aromatic carbocycles. The minimum absolute atomic E-state index is 0.352. The van der Waals surface area contributed by atoms with Crippen molar-refractivity contribution >= 4 is 23.8 Å². The largest absolute Gasteiger partial charge is 0.463 e. The fraction of sp³-hybridized carbons (Fsp3) is 0.714. The van der Waals surface area contributed by atoms with Gasteiger partial charge in [-0.25, -0.2) is 0 Å². The van der Waals surface area contributed by atoms with Crippen molar-refractivity contribution in [3.8, 4) is 0 Å². The van der Waals surface area contributed by atoms with Crippen LogP contribution in [0.25, 0.3) is 10.4 Å². The van der Waals surface area contributed by atoms with Gasteiger partial charge in [-0.15, -0.1) is 0 Å². The van der Waals surface area contributed by atoms with Crippen molar-refractivity contribution in [1.82, 2.24) is 5.32 Å². The molecule has 0 radical (unpaired) electrons. The van der Waals surface area contributed by atoms with Crippen LogP contribution in [0.5, 0.6) is 0 Å². The molecule has 1 heterocycles. The Morgan fingerprint density at radius 3 is 2.08 bits per heavy atom. The summed E-state index contributed by atoms with van der Waals surface area (Å²) in [6, 6.07) is -1.12. The van der Waals surface area contributed by atoms with Crippen LogP contribution in [-0.2, 0) is 38.1 Å². The molecule has 0 aromatic heterocycles. The maximum absolute atomic E-state index is 11.5. The lowest BCUT2D eigenvalue weighted by atomic mass is 9.95. The molecule has 0 saturated carbocycles. The van der Waals surface area contributed by atoms with E-state index in [1.807, 2.05) is 0 Å². The van der Waals surface area contributed by atoms with Gasteiger partial charge < -0.3 is 24.3 Å². The van der Waals surface area contributed by atoms with E-state index in [-0.39, 0.29) is 6.61 Å². The zero-order valence-electron chi connectivity index (χ0n) is 14.7. The average molecular weight is 372 g/mol. The minimum atomic E-state index is -1.29. The Bertz CT molecular complexity index is 618. The molecule has 1 N–H and O–H groups in total. The molecule has 12 heteroatoms. The quantitative estimate of drug-likeness (QED) is 0.223. The van der Waals surface area contributed by atoms with E-state index in [0.29, 0.717) is 0 Å². The van der Waals surface area contributed by atoms with E-state index in [4.69, 9.17) is 24.5 Å². The summed E-state index contributed by atoms with van der Waals surface area (Å²) >= 11 is 0. The van der Waals surface area contributed by atoms with Gasteiger partial charge in [0, 0.05) is 32.6 Å². The predicted molar refractivity (Wildman–Crippen MR) is 83.2 cm³/mol. The minimum Gasteiger partial charge on any atom is -0.463 e. The van der Waals surface area contributed by atoms with Gasteiger partial charge >= 0.3 is 17.9 Å². The third kappa shape index (κ3) is 6.22. The summed E-state index contributed by atoms with van der Waals surface area (Å²) in [6.45, 7) is 4.26. The Kier molecular flexibility index (Phi) is 7.81. The molecular formula is C14H20N4O8. The molecule has 1 aliphatic heterocycles. The Labute approximate surface area is 148 Å². The van der Waals surface area contributed by atoms with E-state index in [9.17, 15) is 19.2 Å². The Morgan fingerprint density at radius 2 is 1.62 bits per heavy atom. The first-order valence-corrected chi connectivity index (χ1v) is 7.60. The van der Waals surface area contributed by atoms with Crippen molar-refractivity contribution in [2.75, 3.05) is 6.61 Å². The van der Waals surface area contributed by atoms with Gasteiger partial charge in [-0.1, -0.05) is 5.11 Å². The van der Waals surface area contributed by atoms with E-state index in [2.05, 4.69) is 15.3 Å². The molecule has 1 aliphatic rings. The number of nitrogens with one attached hydrogen (secondary N) is 1. The van der Waals surface area contributed by atoms with Crippen LogP contribution in [-0.4, -0.2) is 61.0 Å². The summed E-state index contributed by atoms with van der Waals surface area (Å²) in [5.74, 6) is -2.58. The molecule has 12 nitrogen and oxygen atoms in total. The molecule has 1 saturated heterocycles. The molecule has 0 aromatic rings. The zero-order valence-corrected chi connectivity index (χ0v) is 14.7. The molecule has 0 spiro atoms. The van der Waals surface area contributed by atoms with Crippen molar-refractivity contribution in [3.05, 3.63) is 10.4 Å². The highest BCUT2D eigenvalue weighted by molar-refractivity contribution is 5.73. The van der Waals surface area contributed by atoms with Gasteiger partial charge in [-0.3, -0.25) is 19.2 Å². The highest BCUT2D eigenvalue weighted by atomic mass is 16.6. The van der Waals surface area contributed by atoms with Crippen LogP contribution in [0.15, 0.2) is 5.11 Å². The second-order valence-electron chi connectivity index (χ2n) is 5.45. The van der Waals surface area contributed by atoms with Crippen LogP contribution in [0.3, 0.4) is 0 Å². The highest BCUT2D eigenvalue weighted by Crippen LogP contribution is 2.28. The van der Waals surface area contributed by atoms with Gasteiger partial charge in [0.05, 0.1) is 0 Å². The molecule has 144 valence electrons. The first kappa shape index (κ1) is 21.2. The Hall–Kier alpha value is -2.85. The number of nitrogens with zero attached hydrogens (tertiary/aromatic N) is 3. The lowest BCUT2D eigenvalue weighted by molar-refractivity contribution is -0.222. The van der Waals surface area contributed by atoms with E-state index in [0.717, 1.165) is 20.8 Å². The zero-order chi connectivity index (χ0) is 19.9. The summed E-state index contributed by atoms with van der Waals surface area (Å²) in [5, 5.41) is 5.89. The molecule has 0 aliphatic carbocycles. The topological polar surface area (TPSA) is 166 Å². The van der Waals surface area contributed by atoms with Crippen molar-refractivity contribution in [1.29, 1.82) is 0 Å². The van der Waals surface area contributed by atoms with Crippen LogP contribution in [0.4, 0.5) is 0 Å². The monoisotopic (exact) mass is 372 g/mol. The molecule has 5 atom stereocenters. The Balaban J connectivity index is 3.28. The third-order valence-electron chi connectivity index (χ3n) is 3.26. The van der Waals surface area contributed by atoms with Gasteiger partial charge in [0.15, 0.2) is 18.4 Å². The SMILES string of the molecule is CC(=O)NC1C(OC(C)=O)C(OC(C)=O)C(COC(C)=O)O[C@H]1N=[N+]=[N-]. The first-order chi connectivity index (χ1) is 12.1. The van der Waals surface area contributed by atoms with Crippen LogP contribution in [0, 0.1) is 0 Å². The van der Waals surface area contributed by atoms with Gasteiger partial charge in [0.1, 0.15) is 18.8 Å². The molecule has 1 rings (SSSR count). The number of esters is 3. The number of rotatable bonds is 6. The molecule has 4 unspecified atom stereocenters. The average Bonchev–Trinajstić information content (AvgIpc) is 2.50. The van der Waals surface area contributed by atoms with Gasteiger partial charge in [0.25, 0.3) is 0 Å². The van der Waals surface area contributed by atoms with Crippen LogP contribution in [0.1, 0.15) is 27.7 Å². The summed E-state index contributed by atoms with van der Waals surface area (Å²) in [7, 11) is 0. The van der Waals surface area contributed by atoms with E-state index in [1.54, 1.807) is 0 Å². The number of ether oxygens (including phenoxy) is 4. The fourth-order valence-electron chi connectivity index (χ4n) is 2.46. The highest BCUT2D eigenvalue weighted by Gasteiger charge is 2.50. The van der Waals surface area contributed by atoms with Crippen LogP contribution in [0.2, 0.25) is 0 Å². The van der Waals surface area contributed by atoms with Crippen molar-refractivity contribution in [2.45, 2.75) is 58.3 Å². The number of carbonyl (C=O) groups excluding carboxylic acids is 4. The molecule has 26 heavy (non-hydrogen) atoms. The first-order valence-electron chi connectivity index (χ1n) is 7.60. The smallest absolute Gasteiger partial charge is 0.303 e. The predicted octanol–water partition coefficient (Wildman–Crippen LogP) is -0.0472. The standard InChI is InChI=1S/C14H20N4O8/c1-6(19)16-11-13(25-9(4)22)12(24-8(3)21)10(5-23-7(2)20)26-14(11)17-18-15/h10-14H,5H2,1-4H3,(H,16,19)/t10?,11?,12?,13?,14-/m1/s1. The molecular weight excluding hydrogens is 352 g/mol. The summed E-state index contributed by atoms with van der Waals surface area (Å²) < 4.78 is 20.8. The second-order valence-corrected chi connectivity index (χ2v) is 5.45. The number of azide groups is 1. The fourth-order valence-corrected chi connectivity index (χ4v) is 2.46. The number of carbonyl (C=O) groups is 4. The second kappa shape index (κ2) is 9.59. The van der Waals surface area contributed by atoms with Gasteiger partial charge in [-0.2, -0.15) is 0 Å². The van der Waals surface area contributed by atoms with Crippen LogP contribution >= 0.6 is 0 Å². The molecule has 1 amide bonds. The summed E-state index contributed by atoms with van der Waals surface area (Å²) in [5.41, 5.74) is 8.74. The van der Waals surface area contributed by atoms with E-state index < -0.39 is 54.4 Å². The maximum atomic E-state index is 11.5. The molecule has 0 bridgehead atoms. The number of amides is 1. The normalized spacial score (nSPS) is 27.5. The van der Waals surface area contributed by atoms with E-state index in [1.165, 1.54) is 6.92 Å². The molecule has 1 fully saturated rings. The van der Waals surface area contributed by atoms with Crippen molar-refractivity contribution in [3.63, 3.8) is 0 Å². The lowest BCUT2D eigenvalue weighted by Gasteiger charge is -2.43. The lowest BCUT2D eigenvalue weighted by Crippen LogP contribution is -2.65. The van der Waals surface area contributed by atoms with Gasteiger partial charge in [0.2, 0.25) is 5.91 Å². The van der Waals surface area contributed by atoms with E-state index >= 15 is 0 Å². The van der Waals surface area contributed by atoms with Gasteiger partial charge in [-0.05, 0) is 5.53 Å². The number of hydrogen-bond donors (Lipinski definition) is 1. The maximum Gasteiger partial charge on any atom is 0.303 e. The summed E-state index contributed by atoms with van der Waals surface area (Å²) in [4.78, 5) is 48.2. The number of hydrogen-bond acceptors (Lipinski definition) is 9. The third-order valence-corrected chi connectivity index (χ3v) is 3.26.